The Kier molecular flexibility index (Phi) is 2.68. The molecule has 5 heteroatoms. The minimum absolute atomic E-state index is 0.0752. The van der Waals surface area contributed by atoms with Gasteiger partial charge < -0.3 is 10.3 Å². The molecule has 0 saturated heterocycles. The van der Waals surface area contributed by atoms with Gasteiger partial charge in [0, 0.05) is 23.7 Å². The summed E-state index contributed by atoms with van der Waals surface area (Å²) in [5.41, 5.74) is 2.36. The van der Waals surface area contributed by atoms with Crippen LogP contribution in [-0.2, 0) is 0 Å². The lowest BCUT2D eigenvalue weighted by Crippen LogP contribution is -2.22. The molecule has 2 N–H and O–H groups in total. The Balaban J connectivity index is 2.18. The molecule has 0 fully saturated rings. The number of nitrogens with one attached hydrogen (secondary N) is 2. The van der Waals surface area contributed by atoms with E-state index < -0.39 is 0 Å². The Bertz CT molecular complexity index is 687. The van der Waals surface area contributed by atoms with E-state index in [4.69, 9.17) is 0 Å². The summed E-state index contributed by atoms with van der Waals surface area (Å²) in [6.07, 6.45) is 4.69. The van der Waals surface area contributed by atoms with Crippen molar-refractivity contribution in [1.82, 2.24) is 20.3 Å². The van der Waals surface area contributed by atoms with Crippen molar-refractivity contribution in [2.24, 2.45) is 0 Å². The fourth-order valence-corrected chi connectivity index (χ4v) is 2.19. The maximum atomic E-state index is 12.1. The molecule has 2 aromatic rings. The van der Waals surface area contributed by atoms with Crippen LogP contribution in [0.15, 0.2) is 23.1 Å². The standard InChI is InChI=1S/C13H14N4O/c1-8-15-7-10-6-11(9-2-4-14-5-3-9)13(18)17-12(10)16-8/h2,6-7,14H,3-5H2,1H3,(H,15,16,17,18). The quantitative estimate of drug-likeness (QED) is 0.782. The molecule has 0 saturated carbocycles. The molecule has 0 amide bonds. The molecular weight excluding hydrogens is 228 g/mol. The highest BCUT2D eigenvalue weighted by Gasteiger charge is 2.11. The zero-order valence-corrected chi connectivity index (χ0v) is 10.2. The first-order valence-electron chi connectivity index (χ1n) is 6.01. The average Bonchev–Trinajstić information content (AvgIpc) is 2.39. The molecule has 1 aliphatic rings. The van der Waals surface area contributed by atoms with Gasteiger partial charge in [-0.25, -0.2) is 9.97 Å². The lowest BCUT2D eigenvalue weighted by Gasteiger charge is -2.13. The number of aryl methyl sites for hydroxylation is 1. The Hall–Kier alpha value is -2.01. The van der Waals surface area contributed by atoms with Gasteiger partial charge in [-0.3, -0.25) is 4.79 Å². The highest BCUT2D eigenvalue weighted by atomic mass is 16.1. The summed E-state index contributed by atoms with van der Waals surface area (Å²) in [4.78, 5) is 23.3. The smallest absolute Gasteiger partial charge is 0.257 e. The van der Waals surface area contributed by atoms with Crippen LogP contribution in [0.25, 0.3) is 16.6 Å². The first kappa shape index (κ1) is 11.1. The third-order valence-electron chi connectivity index (χ3n) is 3.12. The van der Waals surface area contributed by atoms with E-state index in [1.54, 1.807) is 13.1 Å². The van der Waals surface area contributed by atoms with Gasteiger partial charge >= 0.3 is 0 Å². The molecule has 0 atom stereocenters. The predicted molar refractivity (Wildman–Crippen MR) is 70.4 cm³/mol. The van der Waals surface area contributed by atoms with Crippen LogP contribution in [0.2, 0.25) is 0 Å². The number of H-pyrrole nitrogens is 1. The Labute approximate surface area is 104 Å². The molecule has 1 aliphatic heterocycles. The van der Waals surface area contributed by atoms with E-state index in [-0.39, 0.29) is 5.56 Å². The fourth-order valence-electron chi connectivity index (χ4n) is 2.19. The lowest BCUT2D eigenvalue weighted by atomic mass is 10.0. The molecule has 18 heavy (non-hydrogen) atoms. The Morgan fingerprint density at radius 3 is 3.06 bits per heavy atom. The average molecular weight is 242 g/mol. The maximum absolute atomic E-state index is 12.1. The molecular formula is C13H14N4O. The maximum Gasteiger partial charge on any atom is 0.257 e. The molecule has 0 radical (unpaired) electrons. The summed E-state index contributed by atoms with van der Waals surface area (Å²) in [7, 11) is 0. The number of fused-ring (bicyclic) bond motifs is 1. The van der Waals surface area contributed by atoms with E-state index in [1.165, 1.54) is 0 Å². The summed E-state index contributed by atoms with van der Waals surface area (Å²) in [6.45, 7) is 3.53. The minimum atomic E-state index is -0.0752. The number of nitrogens with zero attached hydrogens (tertiary/aromatic N) is 2. The Morgan fingerprint density at radius 2 is 2.28 bits per heavy atom. The molecule has 0 bridgehead atoms. The van der Waals surface area contributed by atoms with E-state index in [9.17, 15) is 4.79 Å². The molecule has 5 nitrogen and oxygen atoms in total. The van der Waals surface area contributed by atoms with Crippen molar-refractivity contribution in [2.45, 2.75) is 13.3 Å². The van der Waals surface area contributed by atoms with Gasteiger partial charge in [0.05, 0.1) is 0 Å². The third-order valence-corrected chi connectivity index (χ3v) is 3.12. The summed E-state index contributed by atoms with van der Waals surface area (Å²) in [6, 6.07) is 1.88. The van der Waals surface area contributed by atoms with E-state index in [2.05, 4.69) is 26.3 Å². The van der Waals surface area contributed by atoms with E-state index in [0.29, 0.717) is 11.5 Å². The highest BCUT2D eigenvalue weighted by molar-refractivity contribution is 5.79. The van der Waals surface area contributed by atoms with Gasteiger partial charge in [-0.1, -0.05) is 6.08 Å². The molecule has 92 valence electrons. The first-order valence-corrected chi connectivity index (χ1v) is 6.01. The second-order valence-corrected chi connectivity index (χ2v) is 4.42. The van der Waals surface area contributed by atoms with Crippen molar-refractivity contribution in [3.63, 3.8) is 0 Å². The number of pyridine rings is 1. The normalized spacial score (nSPS) is 15.7. The van der Waals surface area contributed by atoms with Crippen molar-refractivity contribution in [2.75, 3.05) is 13.1 Å². The van der Waals surface area contributed by atoms with Crippen molar-refractivity contribution >= 4 is 16.6 Å². The summed E-state index contributed by atoms with van der Waals surface area (Å²) < 4.78 is 0. The van der Waals surface area contributed by atoms with Gasteiger partial charge in [0.2, 0.25) is 0 Å². The molecule has 0 aliphatic carbocycles. The molecule has 0 unspecified atom stereocenters. The van der Waals surface area contributed by atoms with E-state index in [1.807, 2.05) is 6.07 Å². The SMILES string of the molecule is Cc1ncc2cc(C3=CCNCC3)c(=O)[nH]c2n1. The van der Waals surface area contributed by atoms with Crippen LogP contribution < -0.4 is 10.9 Å². The van der Waals surface area contributed by atoms with Gasteiger partial charge in [-0.15, -0.1) is 0 Å². The first-order chi connectivity index (χ1) is 8.74. The lowest BCUT2D eigenvalue weighted by molar-refractivity contribution is 0.738. The molecule has 0 spiro atoms. The Morgan fingerprint density at radius 1 is 1.39 bits per heavy atom. The second kappa shape index (κ2) is 4.34. The van der Waals surface area contributed by atoms with E-state index in [0.717, 1.165) is 36.0 Å². The van der Waals surface area contributed by atoms with Crippen molar-refractivity contribution < 1.29 is 0 Å². The van der Waals surface area contributed by atoms with Crippen molar-refractivity contribution in [3.05, 3.63) is 40.1 Å². The van der Waals surface area contributed by atoms with Crippen LogP contribution in [0.3, 0.4) is 0 Å². The van der Waals surface area contributed by atoms with Crippen LogP contribution >= 0.6 is 0 Å². The summed E-state index contributed by atoms with van der Waals surface area (Å²) in [5, 5.41) is 4.11. The van der Waals surface area contributed by atoms with Crippen LogP contribution in [0, 0.1) is 6.92 Å². The highest BCUT2D eigenvalue weighted by Crippen LogP contribution is 2.18. The van der Waals surface area contributed by atoms with Crippen LogP contribution in [0.1, 0.15) is 17.8 Å². The number of rotatable bonds is 1. The zero-order valence-electron chi connectivity index (χ0n) is 10.2. The fraction of sp³-hybridized carbons (Fsp3) is 0.308. The van der Waals surface area contributed by atoms with Crippen LogP contribution in [0.5, 0.6) is 0 Å². The molecule has 3 rings (SSSR count). The second-order valence-electron chi connectivity index (χ2n) is 4.42. The predicted octanol–water partition coefficient (Wildman–Crippen LogP) is 1.00. The largest absolute Gasteiger partial charge is 0.313 e. The molecule has 0 aromatic carbocycles. The summed E-state index contributed by atoms with van der Waals surface area (Å²) in [5.74, 6) is 0.659. The van der Waals surface area contributed by atoms with Crippen LogP contribution in [0.4, 0.5) is 0 Å². The molecule has 3 heterocycles. The molecule has 2 aromatic heterocycles. The minimum Gasteiger partial charge on any atom is -0.313 e. The van der Waals surface area contributed by atoms with Gasteiger partial charge in [0.15, 0.2) is 0 Å². The van der Waals surface area contributed by atoms with Gasteiger partial charge in [0.1, 0.15) is 11.5 Å². The van der Waals surface area contributed by atoms with Crippen molar-refractivity contribution in [1.29, 1.82) is 0 Å². The topological polar surface area (TPSA) is 70.7 Å². The monoisotopic (exact) mass is 242 g/mol. The van der Waals surface area contributed by atoms with Gasteiger partial charge in [-0.05, 0) is 31.5 Å². The number of aromatic nitrogens is 3. The third kappa shape index (κ3) is 1.93. The summed E-state index contributed by atoms with van der Waals surface area (Å²) >= 11 is 0. The van der Waals surface area contributed by atoms with Crippen LogP contribution in [-0.4, -0.2) is 28.0 Å². The number of hydrogen-bond acceptors (Lipinski definition) is 4. The zero-order chi connectivity index (χ0) is 12.5. The number of aromatic amines is 1. The van der Waals surface area contributed by atoms with Gasteiger partial charge in [0.25, 0.3) is 5.56 Å². The number of hydrogen-bond donors (Lipinski definition) is 2. The van der Waals surface area contributed by atoms with E-state index >= 15 is 0 Å². The van der Waals surface area contributed by atoms with Crippen molar-refractivity contribution in [3.8, 4) is 0 Å². The van der Waals surface area contributed by atoms with Gasteiger partial charge in [-0.2, -0.15) is 0 Å².